The van der Waals surface area contributed by atoms with E-state index < -0.39 is 54.3 Å². The smallest absolute Gasteiger partial charge is 0.410 e. The van der Waals surface area contributed by atoms with E-state index in [-0.39, 0.29) is 30.9 Å². The van der Waals surface area contributed by atoms with Gasteiger partial charge in [0.05, 0.1) is 17.7 Å². The van der Waals surface area contributed by atoms with E-state index in [4.69, 9.17) is 23.7 Å². The highest BCUT2D eigenvalue weighted by molar-refractivity contribution is 5.90. The number of esters is 2. The lowest BCUT2D eigenvalue weighted by atomic mass is 9.80. The Kier molecular flexibility index (Phi) is 13.2. The van der Waals surface area contributed by atoms with Gasteiger partial charge in [-0.1, -0.05) is 158 Å². The van der Waals surface area contributed by atoms with Crippen LogP contribution in [0.4, 0.5) is 4.79 Å². The van der Waals surface area contributed by atoms with Gasteiger partial charge in [0.1, 0.15) is 24.4 Å². The molecule has 1 heterocycles. The van der Waals surface area contributed by atoms with Crippen molar-refractivity contribution >= 4 is 18.0 Å². The van der Waals surface area contributed by atoms with Gasteiger partial charge in [-0.2, -0.15) is 0 Å². The molecule has 1 aliphatic rings. The van der Waals surface area contributed by atoms with Gasteiger partial charge in [0.2, 0.25) is 0 Å². The van der Waals surface area contributed by atoms with Crippen LogP contribution in [0.2, 0.25) is 0 Å². The number of aliphatic hydroxyl groups excluding tert-OH is 1. The summed E-state index contributed by atoms with van der Waals surface area (Å²) >= 11 is 0. The SMILES string of the molecule is CCN(C(=O)OCc1ccccc1)[C@@H]1[C@@H](OC(=O)c2ccccc2)[C@H](OC(=O)c2ccccc2)[C@@H](COC(c2ccccc2)(c2ccccc2)c2ccccc2)O[C@@H]1O. The van der Waals surface area contributed by atoms with Crippen molar-refractivity contribution in [1.29, 1.82) is 0 Å². The normalized spacial score (nSPS) is 18.9. The fraction of sp³-hybridized carbons (Fsp3) is 0.204. The van der Waals surface area contributed by atoms with Crippen LogP contribution in [0.1, 0.15) is 49.9 Å². The number of benzene rings is 6. The zero-order valence-electron chi connectivity index (χ0n) is 32.5. The number of aliphatic hydroxyl groups is 1. The van der Waals surface area contributed by atoms with Gasteiger partial charge in [0.25, 0.3) is 0 Å². The number of carbonyl (C=O) groups is 3. The summed E-state index contributed by atoms with van der Waals surface area (Å²) in [6, 6.07) is 53.5. The lowest BCUT2D eigenvalue weighted by Crippen LogP contribution is -2.67. The summed E-state index contributed by atoms with van der Waals surface area (Å²) in [6.45, 7) is 1.37. The van der Waals surface area contributed by atoms with Gasteiger partial charge in [0.15, 0.2) is 18.5 Å². The van der Waals surface area contributed by atoms with Crippen LogP contribution in [-0.4, -0.2) is 71.8 Å². The first-order chi connectivity index (χ1) is 28.9. The van der Waals surface area contributed by atoms with Gasteiger partial charge in [-0.05, 0) is 53.4 Å². The summed E-state index contributed by atoms with van der Waals surface area (Å²) < 4.78 is 31.8. The third-order valence-corrected chi connectivity index (χ3v) is 10.3. The summed E-state index contributed by atoms with van der Waals surface area (Å²) in [5.41, 5.74) is 2.36. The second kappa shape index (κ2) is 19.2. The fourth-order valence-corrected chi connectivity index (χ4v) is 7.42. The summed E-state index contributed by atoms with van der Waals surface area (Å²) in [5, 5.41) is 12.0. The van der Waals surface area contributed by atoms with E-state index in [0.717, 1.165) is 22.3 Å². The Morgan fingerprint density at radius 1 is 0.593 bits per heavy atom. The minimum Gasteiger partial charge on any atom is -0.452 e. The quantitative estimate of drug-likeness (QED) is 0.0662. The van der Waals surface area contributed by atoms with Crippen molar-refractivity contribution in [3.05, 3.63) is 215 Å². The molecule has 1 N–H and O–H groups in total. The number of amides is 1. The fourth-order valence-electron chi connectivity index (χ4n) is 7.42. The second-order valence-corrected chi connectivity index (χ2v) is 13.9. The van der Waals surface area contributed by atoms with Crippen LogP contribution in [-0.2, 0) is 35.9 Å². The maximum Gasteiger partial charge on any atom is 0.410 e. The minimum atomic E-state index is -1.76. The highest BCUT2D eigenvalue weighted by atomic mass is 16.7. The molecule has 5 atom stereocenters. The molecule has 0 saturated carbocycles. The molecule has 0 spiro atoms. The number of ether oxygens (including phenoxy) is 5. The van der Waals surface area contributed by atoms with E-state index in [1.807, 2.05) is 121 Å². The molecule has 1 fully saturated rings. The van der Waals surface area contributed by atoms with Crippen molar-refractivity contribution in [2.75, 3.05) is 13.2 Å². The van der Waals surface area contributed by atoms with Crippen LogP contribution in [0.3, 0.4) is 0 Å². The zero-order valence-corrected chi connectivity index (χ0v) is 32.5. The third kappa shape index (κ3) is 9.26. The molecule has 1 saturated heterocycles. The van der Waals surface area contributed by atoms with Crippen LogP contribution in [0.25, 0.3) is 0 Å². The average Bonchev–Trinajstić information content (AvgIpc) is 3.30. The van der Waals surface area contributed by atoms with Crippen molar-refractivity contribution in [3.8, 4) is 0 Å². The molecular weight excluding hydrogens is 747 g/mol. The number of hydrogen-bond donors (Lipinski definition) is 1. The largest absolute Gasteiger partial charge is 0.452 e. The molecule has 0 aromatic heterocycles. The Hall–Kier alpha value is -6.59. The molecule has 0 radical (unpaired) electrons. The summed E-state index contributed by atoms with van der Waals surface area (Å²) in [7, 11) is 0. The molecule has 1 amide bonds. The molecule has 10 heteroatoms. The molecule has 6 aromatic carbocycles. The Morgan fingerprint density at radius 2 is 1.00 bits per heavy atom. The van der Waals surface area contributed by atoms with E-state index >= 15 is 0 Å². The van der Waals surface area contributed by atoms with Crippen molar-refractivity contribution in [2.45, 2.75) is 49.8 Å². The molecule has 0 aliphatic carbocycles. The second-order valence-electron chi connectivity index (χ2n) is 13.9. The maximum absolute atomic E-state index is 14.0. The zero-order chi connectivity index (χ0) is 41.0. The molecule has 0 unspecified atom stereocenters. The highest BCUT2D eigenvalue weighted by Crippen LogP contribution is 2.42. The monoisotopic (exact) mass is 791 g/mol. The van der Waals surface area contributed by atoms with Crippen LogP contribution in [0.15, 0.2) is 182 Å². The molecule has 300 valence electrons. The van der Waals surface area contributed by atoms with Crippen molar-refractivity contribution in [2.24, 2.45) is 0 Å². The van der Waals surface area contributed by atoms with Crippen molar-refractivity contribution in [1.82, 2.24) is 4.90 Å². The predicted octanol–water partition coefficient (Wildman–Crippen LogP) is 8.19. The van der Waals surface area contributed by atoms with E-state index in [0.29, 0.717) is 0 Å². The van der Waals surface area contributed by atoms with Crippen molar-refractivity contribution in [3.63, 3.8) is 0 Å². The first-order valence-electron chi connectivity index (χ1n) is 19.5. The van der Waals surface area contributed by atoms with Gasteiger partial charge in [-0.25, -0.2) is 14.4 Å². The first kappa shape index (κ1) is 40.6. The van der Waals surface area contributed by atoms with Crippen molar-refractivity contribution < 1.29 is 43.2 Å². The van der Waals surface area contributed by atoms with Gasteiger partial charge in [0, 0.05) is 6.54 Å². The van der Waals surface area contributed by atoms with Crippen LogP contribution in [0, 0.1) is 0 Å². The first-order valence-corrected chi connectivity index (χ1v) is 19.5. The average molecular weight is 792 g/mol. The number of nitrogens with zero attached hydrogens (tertiary/aromatic N) is 1. The Bertz CT molecular complexity index is 2150. The van der Waals surface area contributed by atoms with Gasteiger partial charge < -0.3 is 28.8 Å². The molecule has 6 aromatic rings. The van der Waals surface area contributed by atoms with Gasteiger partial charge >= 0.3 is 18.0 Å². The molecule has 0 bridgehead atoms. The number of rotatable bonds is 14. The molecule has 59 heavy (non-hydrogen) atoms. The summed E-state index contributed by atoms with van der Waals surface area (Å²) in [5.74, 6) is -1.51. The summed E-state index contributed by atoms with van der Waals surface area (Å²) in [4.78, 5) is 43.1. The highest BCUT2D eigenvalue weighted by Gasteiger charge is 2.54. The predicted molar refractivity (Wildman–Crippen MR) is 220 cm³/mol. The minimum absolute atomic E-state index is 0.0117. The molecule has 10 nitrogen and oxygen atoms in total. The summed E-state index contributed by atoms with van der Waals surface area (Å²) in [6.07, 6.45) is -6.69. The van der Waals surface area contributed by atoms with E-state index in [1.54, 1.807) is 67.6 Å². The lowest BCUT2D eigenvalue weighted by Gasteiger charge is -2.47. The van der Waals surface area contributed by atoms with Gasteiger partial charge in [-0.3, -0.25) is 4.90 Å². The number of likely N-dealkylation sites (N-methyl/N-ethyl adjacent to an activating group) is 1. The number of carbonyl (C=O) groups excluding carboxylic acids is 3. The van der Waals surface area contributed by atoms with Crippen LogP contribution < -0.4 is 0 Å². The van der Waals surface area contributed by atoms with Gasteiger partial charge in [-0.15, -0.1) is 0 Å². The van der Waals surface area contributed by atoms with E-state index in [9.17, 15) is 19.5 Å². The Labute approximate surface area is 343 Å². The third-order valence-electron chi connectivity index (χ3n) is 10.3. The molecular formula is C49H45NO9. The van der Waals surface area contributed by atoms with Crippen LogP contribution in [0.5, 0.6) is 0 Å². The maximum atomic E-state index is 14.0. The molecule has 1 aliphatic heterocycles. The standard InChI is InChI=1S/C49H45NO9/c1-2-50(48(54)55-33-35-21-9-3-10-22-35)42-44(59-46(52)37-25-13-5-14-26-37)43(58-45(51)36-23-11-4-12-24-36)41(57-47(42)53)34-56-49(38-27-15-6-16-28-38,39-29-17-7-18-30-39)40-31-19-8-20-32-40/h3-32,41-44,47,53H,2,33-34H2,1H3/t41-,42-,43-,44-,47+/m1/s1. The molecule has 7 rings (SSSR count). The number of hydrogen-bond acceptors (Lipinski definition) is 9. The Balaban J connectivity index is 1.31. The lowest BCUT2D eigenvalue weighted by molar-refractivity contribution is -0.273. The van der Waals surface area contributed by atoms with Crippen LogP contribution >= 0.6 is 0 Å². The van der Waals surface area contributed by atoms with E-state index in [2.05, 4.69) is 0 Å². The van der Waals surface area contributed by atoms with E-state index in [1.165, 1.54) is 4.90 Å². The Morgan fingerprint density at radius 3 is 1.44 bits per heavy atom. The topological polar surface area (TPSA) is 121 Å².